The second-order valence-corrected chi connectivity index (χ2v) is 8.24. The maximum atomic E-state index is 11.1. The standard InChI is InChI=1S/C24H25N5O4/c25-24(31)32-12-15-10-16(11-19-22(15)27-13-26-19)28-21-9-4-14-2-1-3-20(23(14)29-21)33-18-7-5-17(30)6-8-18/h1-4,9-11,13,17-18,30H,5-8,12H2,(H2,25,31)(H,26,27)(H,28,29). The van der Waals surface area contributed by atoms with Gasteiger partial charge in [0, 0.05) is 16.6 Å². The second-order valence-electron chi connectivity index (χ2n) is 8.24. The lowest BCUT2D eigenvalue weighted by atomic mass is 9.95. The van der Waals surface area contributed by atoms with Crippen molar-refractivity contribution in [3.05, 3.63) is 54.4 Å². The van der Waals surface area contributed by atoms with Crippen LogP contribution in [-0.2, 0) is 11.3 Å². The van der Waals surface area contributed by atoms with Gasteiger partial charge in [-0.3, -0.25) is 0 Å². The summed E-state index contributed by atoms with van der Waals surface area (Å²) in [4.78, 5) is 23.2. The Bertz CT molecular complexity index is 1300. The monoisotopic (exact) mass is 447 g/mol. The van der Waals surface area contributed by atoms with Crippen molar-refractivity contribution in [3.8, 4) is 5.75 Å². The summed E-state index contributed by atoms with van der Waals surface area (Å²) in [6.07, 6.45) is 3.77. The van der Waals surface area contributed by atoms with Crippen LogP contribution >= 0.6 is 0 Å². The largest absolute Gasteiger partial charge is 0.488 e. The third-order valence-electron chi connectivity index (χ3n) is 5.87. The number of pyridine rings is 1. The highest BCUT2D eigenvalue weighted by atomic mass is 16.5. The molecule has 0 spiro atoms. The van der Waals surface area contributed by atoms with Gasteiger partial charge in [0.25, 0.3) is 0 Å². The molecule has 1 aliphatic rings. The van der Waals surface area contributed by atoms with E-state index >= 15 is 0 Å². The van der Waals surface area contributed by atoms with E-state index in [1.165, 1.54) is 0 Å². The molecule has 0 saturated heterocycles. The Kier molecular flexibility index (Phi) is 5.70. The molecule has 5 rings (SSSR count). The molecule has 0 aliphatic heterocycles. The number of aliphatic hydroxyl groups excluding tert-OH is 1. The van der Waals surface area contributed by atoms with Crippen LogP contribution in [0.25, 0.3) is 21.9 Å². The van der Waals surface area contributed by atoms with Crippen molar-refractivity contribution in [2.75, 3.05) is 5.32 Å². The summed E-state index contributed by atoms with van der Waals surface area (Å²) in [5.74, 6) is 1.38. The molecule has 2 heterocycles. The molecule has 2 aromatic carbocycles. The fraction of sp³-hybridized carbons (Fsp3) is 0.292. The number of amides is 1. The Morgan fingerprint density at radius 2 is 2.00 bits per heavy atom. The van der Waals surface area contributed by atoms with Crippen LogP contribution in [0.4, 0.5) is 16.3 Å². The number of carbonyl (C=O) groups excluding carboxylic acids is 1. The molecule has 9 nitrogen and oxygen atoms in total. The number of hydrogen-bond donors (Lipinski definition) is 4. The fourth-order valence-electron chi connectivity index (χ4n) is 4.23. The van der Waals surface area contributed by atoms with E-state index in [1.807, 2.05) is 42.5 Å². The average Bonchev–Trinajstić information content (AvgIpc) is 3.28. The lowest BCUT2D eigenvalue weighted by Gasteiger charge is -2.26. The first-order chi connectivity index (χ1) is 16.0. The van der Waals surface area contributed by atoms with Crippen LogP contribution in [0.3, 0.4) is 0 Å². The zero-order valence-electron chi connectivity index (χ0n) is 18.0. The first-order valence-corrected chi connectivity index (χ1v) is 10.9. The highest BCUT2D eigenvalue weighted by molar-refractivity contribution is 5.87. The van der Waals surface area contributed by atoms with Gasteiger partial charge in [0.1, 0.15) is 23.7 Å². The molecule has 0 bridgehead atoms. The summed E-state index contributed by atoms with van der Waals surface area (Å²) in [5.41, 5.74) is 8.89. The number of anilines is 2. The number of aliphatic hydroxyl groups is 1. The summed E-state index contributed by atoms with van der Waals surface area (Å²) in [6, 6.07) is 13.6. The third-order valence-corrected chi connectivity index (χ3v) is 5.87. The van der Waals surface area contributed by atoms with E-state index in [-0.39, 0.29) is 18.8 Å². The Morgan fingerprint density at radius 1 is 1.15 bits per heavy atom. The van der Waals surface area contributed by atoms with Gasteiger partial charge in [0.05, 0.1) is 29.6 Å². The Hall–Kier alpha value is -3.85. The minimum atomic E-state index is -0.840. The molecule has 0 atom stereocenters. The third kappa shape index (κ3) is 4.68. The van der Waals surface area contributed by atoms with Crippen molar-refractivity contribution in [1.29, 1.82) is 0 Å². The number of nitrogens with zero attached hydrogens (tertiary/aromatic N) is 2. The number of ether oxygens (including phenoxy) is 2. The lowest BCUT2D eigenvalue weighted by Crippen LogP contribution is -2.26. The minimum absolute atomic E-state index is 0.0193. The van der Waals surface area contributed by atoms with E-state index < -0.39 is 6.09 Å². The van der Waals surface area contributed by atoms with Crippen LogP contribution in [0, 0.1) is 0 Å². The van der Waals surface area contributed by atoms with Crippen LogP contribution in [0.1, 0.15) is 31.2 Å². The van der Waals surface area contributed by atoms with Crippen molar-refractivity contribution in [1.82, 2.24) is 15.0 Å². The number of para-hydroxylation sites is 1. The molecule has 0 radical (unpaired) electrons. The van der Waals surface area contributed by atoms with Gasteiger partial charge in [-0.25, -0.2) is 14.8 Å². The van der Waals surface area contributed by atoms with Gasteiger partial charge in [-0.05, 0) is 56.0 Å². The predicted molar refractivity (Wildman–Crippen MR) is 124 cm³/mol. The number of imidazole rings is 1. The van der Waals surface area contributed by atoms with E-state index in [4.69, 9.17) is 20.2 Å². The van der Waals surface area contributed by atoms with Crippen molar-refractivity contribution in [2.45, 2.75) is 44.5 Å². The number of nitrogens with one attached hydrogen (secondary N) is 2. The maximum absolute atomic E-state index is 11.1. The van der Waals surface area contributed by atoms with Crippen LogP contribution < -0.4 is 15.8 Å². The quantitative estimate of drug-likeness (QED) is 0.349. The number of fused-ring (bicyclic) bond motifs is 2. The first-order valence-electron chi connectivity index (χ1n) is 10.9. The number of rotatable bonds is 6. The second kappa shape index (κ2) is 8.95. The van der Waals surface area contributed by atoms with Crippen LogP contribution in [0.2, 0.25) is 0 Å². The summed E-state index contributed by atoms with van der Waals surface area (Å²) < 4.78 is 11.2. The molecule has 4 aromatic rings. The Labute approximate surface area is 189 Å². The van der Waals surface area contributed by atoms with E-state index in [9.17, 15) is 9.90 Å². The predicted octanol–water partition coefficient (Wildman–Crippen LogP) is 4.13. The molecular formula is C24H25N5O4. The van der Waals surface area contributed by atoms with Gasteiger partial charge in [-0.15, -0.1) is 0 Å². The number of primary amides is 1. The Morgan fingerprint density at radius 3 is 2.82 bits per heavy atom. The van der Waals surface area contributed by atoms with E-state index in [2.05, 4.69) is 15.3 Å². The van der Waals surface area contributed by atoms with Crippen molar-refractivity contribution < 1.29 is 19.4 Å². The molecule has 1 amide bonds. The minimum Gasteiger partial charge on any atom is -0.488 e. The highest BCUT2D eigenvalue weighted by Crippen LogP contribution is 2.31. The van der Waals surface area contributed by atoms with Gasteiger partial charge < -0.3 is 30.6 Å². The van der Waals surface area contributed by atoms with Crippen molar-refractivity contribution in [3.63, 3.8) is 0 Å². The molecule has 9 heteroatoms. The number of aromatic amines is 1. The lowest BCUT2D eigenvalue weighted by molar-refractivity contribution is 0.0672. The maximum Gasteiger partial charge on any atom is 0.404 e. The van der Waals surface area contributed by atoms with Gasteiger partial charge in [0.2, 0.25) is 0 Å². The van der Waals surface area contributed by atoms with Crippen molar-refractivity contribution in [2.24, 2.45) is 5.73 Å². The molecule has 170 valence electrons. The molecular weight excluding hydrogens is 422 g/mol. The smallest absolute Gasteiger partial charge is 0.404 e. The molecule has 2 aromatic heterocycles. The SMILES string of the molecule is NC(=O)OCc1cc(Nc2ccc3cccc(OC4CCC(O)CC4)c3n2)cc2[nH]cnc12. The Balaban J connectivity index is 1.42. The van der Waals surface area contributed by atoms with Gasteiger partial charge in [-0.1, -0.05) is 12.1 Å². The van der Waals surface area contributed by atoms with E-state index in [1.54, 1.807) is 6.33 Å². The number of benzene rings is 2. The summed E-state index contributed by atoms with van der Waals surface area (Å²) >= 11 is 0. The average molecular weight is 447 g/mol. The normalized spacial score (nSPS) is 18.3. The molecule has 1 aliphatic carbocycles. The van der Waals surface area contributed by atoms with Crippen LogP contribution in [0.5, 0.6) is 5.75 Å². The molecule has 1 fully saturated rings. The van der Waals surface area contributed by atoms with E-state index in [0.29, 0.717) is 11.3 Å². The van der Waals surface area contributed by atoms with E-state index in [0.717, 1.165) is 59.1 Å². The molecule has 33 heavy (non-hydrogen) atoms. The molecule has 5 N–H and O–H groups in total. The first kappa shape index (κ1) is 21.0. The zero-order valence-corrected chi connectivity index (χ0v) is 18.0. The number of aromatic nitrogens is 3. The van der Waals surface area contributed by atoms with Gasteiger partial charge in [0.15, 0.2) is 0 Å². The number of carbonyl (C=O) groups is 1. The summed E-state index contributed by atoms with van der Waals surface area (Å²) in [6.45, 7) is 0.0193. The topological polar surface area (TPSA) is 135 Å². The molecule has 0 unspecified atom stereocenters. The number of nitrogens with two attached hydrogens (primary N) is 1. The number of H-pyrrole nitrogens is 1. The summed E-state index contributed by atoms with van der Waals surface area (Å²) in [7, 11) is 0. The number of hydrogen-bond acceptors (Lipinski definition) is 7. The van der Waals surface area contributed by atoms with Gasteiger partial charge in [-0.2, -0.15) is 0 Å². The van der Waals surface area contributed by atoms with Crippen molar-refractivity contribution >= 4 is 39.5 Å². The van der Waals surface area contributed by atoms with Gasteiger partial charge >= 0.3 is 6.09 Å². The zero-order chi connectivity index (χ0) is 22.8. The van der Waals surface area contributed by atoms with Crippen LogP contribution in [0.15, 0.2) is 48.8 Å². The summed E-state index contributed by atoms with van der Waals surface area (Å²) in [5, 5.41) is 14.1. The highest BCUT2D eigenvalue weighted by Gasteiger charge is 2.21. The molecule has 1 saturated carbocycles. The van der Waals surface area contributed by atoms with Crippen LogP contribution in [-0.4, -0.2) is 38.4 Å². The fourth-order valence-corrected chi connectivity index (χ4v) is 4.23.